The van der Waals surface area contributed by atoms with Gasteiger partial charge in [0.25, 0.3) is 0 Å². The molecule has 0 amide bonds. The van der Waals surface area contributed by atoms with Gasteiger partial charge in [0.05, 0.1) is 41.7 Å². The first-order valence-corrected chi connectivity index (χ1v) is 24.2. The Morgan fingerprint density at radius 2 is 1.45 bits per heavy atom. The lowest BCUT2D eigenvalue weighted by Crippen LogP contribution is -2.48. The summed E-state index contributed by atoms with van der Waals surface area (Å²) in [6.45, 7) is 20.7. The first kappa shape index (κ1) is 39.6. The molecule has 0 aromatic heterocycles. The minimum Gasteiger partial charge on any atom is -0.414 e. The number of rotatable bonds is 23. The predicted molar refractivity (Wildman–Crippen MR) is 186 cm³/mol. The van der Waals surface area contributed by atoms with Crippen molar-refractivity contribution in [3.05, 3.63) is 30.3 Å². The molecule has 1 fully saturated rings. The van der Waals surface area contributed by atoms with Crippen molar-refractivity contribution in [1.82, 2.24) is 0 Å². The Morgan fingerprint density at radius 3 is 2.00 bits per heavy atom. The molecule has 256 valence electrons. The van der Waals surface area contributed by atoms with Crippen molar-refractivity contribution < 1.29 is 31.5 Å². The van der Waals surface area contributed by atoms with Crippen LogP contribution in [0.15, 0.2) is 35.2 Å². The molecule has 0 N–H and O–H groups in total. The predicted octanol–water partition coefficient (Wildman–Crippen LogP) is 8.60. The van der Waals surface area contributed by atoms with Crippen LogP contribution in [-0.2, 0) is 32.9 Å². The summed E-state index contributed by atoms with van der Waals surface area (Å²) in [5, 5.41) is 0. The van der Waals surface area contributed by atoms with E-state index in [0.717, 1.165) is 49.1 Å². The summed E-state index contributed by atoms with van der Waals surface area (Å²) in [6, 6.07) is 15.4. The lowest BCUT2D eigenvalue weighted by Gasteiger charge is -2.38. The van der Waals surface area contributed by atoms with Gasteiger partial charge in [0.15, 0.2) is 32.8 Å². The lowest BCUT2D eigenvalue weighted by atomic mass is 9.99. The van der Waals surface area contributed by atoms with E-state index < -0.39 is 26.5 Å². The lowest BCUT2D eigenvalue weighted by molar-refractivity contribution is -0.169. The third kappa shape index (κ3) is 11.9. The van der Waals surface area contributed by atoms with E-state index in [1.165, 1.54) is 0 Å². The molecule has 1 heterocycles. The van der Waals surface area contributed by atoms with Crippen LogP contribution in [0.4, 0.5) is 0 Å². The number of benzene rings is 1. The summed E-state index contributed by atoms with van der Waals surface area (Å²) < 4.78 is 59.0. The second-order valence-electron chi connectivity index (χ2n) is 12.8. The second kappa shape index (κ2) is 19.3. The topological polar surface area (TPSA) is 80.3 Å². The molecule has 44 heavy (non-hydrogen) atoms. The average Bonchev–Trinajstić information content (AvgIpc) is 3.48. The van der Waals surface area contributed by atoms with Crippen LogP contribution >= 0.6 is 0 Å². The molecule has 1 aromatic rings. The van der Waals surface area contributed by atoms with E-state index in [1.54, 1.807) is 24.3 Å². The summed E-state index contributed by atoms with van der Waals surface area (Å²) >= 11 is 0. The zero-order valence-corrected chi connectivity index (χ0v) is 32.1. The Morgan fingerprint density at radius 1 is 0.864 bits per heavy atom. The second-order valence-corrected chi connectivity index (χ2v) is 24.3. The summed E-state index contributed by atoms with van der Waals surface area (Å²) in [7, 11) is -7.03. The van der Waals surface area contributed by atoms with Crippen LogP contribution in [0.2, 0.25) is 36.3 Å². The van der Waals surface area contributed by atoms with E-state index in [9.17, 15) is 8.42 Å². The minimum absolute atomic E-state index is 0.00496. The highest BCUT2D eigenvalue weighted by Crippen LogP contribution is 2.34. The molecule has 2 rings (SSSR count). The Bertz CT molecular complexity index is 1000. The maximum atomic E-state index is 13.1. The molecule has 0 radical (unpaired) electrons. The van der Waals surface area contributed by atoms with Crippen molar-refractivity contribution in [1.29, 1.82) is 0 Å². The maximum Gasteiger partial charge on any atom is 0.192 e. The van der Waals surface area contributed by atoms with Gasteiger partial charge in [-0.3, -0.25) is 0 Å². The number of hydrogen-bond donors (Lipinski definition) is 0. The van der Waals surface area contributed by atoms with Crippen LogP contribution in [0.25, 0.3) is 0 Å². The highest BCUT2D eigenvalue weighted by Gasteiger charge is 2.41. The van der Waals surface area contributed by atoms with Gasteiger partial charge in [0, 0.05) is 6.61 Å². The molecular weight excluding hydrogens is 609 g/mol. The van der Waals surface area contributed by atoms with Gasteiger partial charge in [-0.05, 0) is 93.8 Å². The Balaban J connectivity index is 2.17. The first-order valence-electron chi connectivity index (χ1n) is 17.5. The zero-order valence-electron chi connectivity index (χ0n) is 29.3. The summed E-state index contributed by atoms with van der Waals surface area (Å²) in [6.07, 6.45) is 2.60. The maximum absolute atomic E-state index is 13.1. The highest BCUT2D eigenvalue weighted by atomic mass is 32.2. The van der Waals surface area contributed by atoms with Crippen LogP contribution < -0.4 is 0 Å². The molecule has 1 saturated heterocycles. The van der Waals surface area contributed by atoms with Crippen molar-refractivity contribution in [2.24, 2.45) is 5.92 Å². The SMILES string of the molecule is CCOC(C)O[C@@H](C[C@H](C)CS(=O)(=O)c1ccccc1)C[C@H]1CC[C@H]([C@@H](CO[Si](CC)(CC)CC)O[Si](CC)(CC)CC)O1. The third-order valence-corrected chi connectivity index (χ3v) is 21.3. The molecule has 1 aromatic carbocycles. The summed E-state index contributed by atoms with van der Waals surface area (Å²) in [5.41, 5.74) is 0. The average molecular weight is 673 g/mol. The van der Waals surface area contributed by atoms with Crippen molar-refractivity contribution in [2.75, 3.05) is 19.0 Å². The van der Waals surface area contributed by atoms with Crippen molar-refractivity contribution in [3.8, 4) is 0 Å². The monoisotopic (exact) mass is 672 g/mol. The fraction of sp³-hybridized carbons (Fsp3) is 0.824. The largest absolute Gasteiger partial charge is 0.414 e. The molecule has 1 unspecified atom stereocenters. The van der Waals surface area contributed by atoms with Gasteiger partial charge in [-0.25, -0.2) is 8.42 Å². The smallest absolute Gasteiger partial charge is 0.192 e. The number of sulfone groups is 1. The summed E-state index contributed by atoms with van der Waals surface area (Å²) in [4.78, 5) is 0.370. The Kier molecular flexibility index (Phi) is 17.3. The number of hydrogen-bond acceptors (Lipinski definition) is 7. The molecule has 10 heteroatoms. The van der Waals surface area contributed by atoms with Crippen molar-refractivity contribution in [2.45, 2.75) is 160 Å². The van der Waals surface area contributed by atoms with Gasteiger partial charge < -0.3 is 23.1 Å². The first-order chi connectivity index (χ1) is 20.9. The van der Waals surface area contributed by atoms with E-state index >= 15 is 0 Å². The van der Waals surface area contributed by atoms with Crippen LogP contribution in [0.3, 0.4) is 0 Å². The van der Waals surface area contributed by atoms with Gasteiger partial charge in [0.1, 0.15) is 0 Å². The Hall–Kier alpha value is -0.596. The van der Waals surface area contributed by atoms with Crippen LogP contribution in [-0.4, -0.2) is 74.7 Å². The van der Waals surface area contributed by atoms with E-state index in [4.69, 9.17) is 23.1 Å². The quantitative estimate of drug-likeness (QED) is 0.0851. The molecule has 6 atom stereocenters. The molecule has 1 aliphatic rings. The highest BCUT2D eigenvalue weighted by molar-refractivity contribution is 7.91. The zero-order chi connectivity index (χ0) is 32.8. The molecule has 0 aliphatic carbocycles. The van der Waals surface area contributed by atoms with E-state index in [2.05, 4.69) is 41.5 Å². The van der Waals surface area contributed by atoms with Gasteiger partial charge in [-0.1, -0.05) is 66.7 Å². The molecule has 7 nitrogen and oxygen atoms in total. The van der Waals surface area contributed by atoms with Gasteiger partial charge in [0.2, 0.25) is 0 Å². The van der Waals surface area contributed by atoms with Crippen molar-refractivity contribution in [3.63, 3.8) is 0 Å². The van der Waals surface area contributed by atoms with Crippen LogP contribution in [0, 0.1) is 5.92 Å². The van der Waals surface area contributed by atoms with Crippen molar-refractivity contribution >= 4 is 26.5 Å². The van der Waals surface area contributed by atoms with E-state index in [-0.39, 0.29) is 42.4 Å². The van der Waals surface area contributed by atoms with Gasteiger partial charge >= 0.3 is 0 Å². The minimum atomic E-state index is -3.38. The van der Waals surface area contributed by atoms with Crippen LogP contribution in [0.5, 0.6) is 0 Å². The third-order valence-electron chi connectivity index (χ3n) is 9.96. The van der Waals surface area contributed by atoms with E-state index in [0.29, 0.717) is 31.0 Å². The van der Waals surface area contributed by atoms with Gasteiger partial charge in [-0.2, -0.15) is 0 Å². The number of ether oxygens (including phenoxy) is 3. The summed E-state index contributed by atoms with van der Waals surface area (Å²) in [5.74, 6) is -0.00188. The molecule has 0 spiro atoms. The molecule has 0 saturated carbocycles. The molecule has 0 bridgehead atoms. The standard InChI is InChI=1S/C34H64O7SSi2/c1-10-37-29(9)39-31(24-28(8)27-42(35,36)32-20-18-17-19-21-32)25-30-22-23-33(40-30)34(41-44(14-5,15-6)16-7)26-38-43(11-2,12-3)13-4/h17-21,28-31,33-34H,10-16,22-27H2,1-9H3/t28-,29?,30+,31-,33+,34+/m0/s1. The molecular formula is C34H64O7SSi2. The van der Waals surface area contributed by atoms with E-state index in [1.807, 2.05) is 26.8 Å². The fourth-order valence-corrected chi connectivity index (χ4v) is 13.8. The van der Waals surface area contributed by atoms with Crippen LogP contribution in [0.1, 0.15) is 88.0 Å². The van der Waals surface area contributed by atoms with Gasteiger partial charge in [-0.15, -0.1) is 0 Å². The Labute approximate surface area is 272 Å². The molecule has 1 aliphatic heterocycles. The normalized spacial score (nSPS) is 20.8. The fourth-order valence-electron chi connectivity index (χ4n) is 6.69.